The second kappa shape index (κ2) is 25.3. The number of nitrogens with one attached hydrogen (secondary N) is 6. The summed E-state index contributed by atoms with van der Waals surface area (Å²) in [6.07, 6.45) is 4.29. The number of rotatable bonds is 14. The van der Waals surface area contributed by atoms with Crippen LogP contribution in [0.25, 0.3) is 0 Å². The van der Waals surface area contributed by atoms with Crippen LogP contribution in [0.4, 0.5) is 9.59 Å². The number of esters is 1. The molecule has 1 aliphatic heterocycles. The quantitative estimate of drug-likeness (QED) is 0.106. The van der Waals surface area contributed by atoms with Gasteiger partial charge in [0.05, 0.1) is 19.0 Å². The maximum Gasteiger partial charge on any atom is 0.407 e. The first-order valence-corrected chi connectivity index (χ1v) is 21.2. The zero-order valence-corrected chi connectivity index (χ0v) is 35.6. The van der Waals surface area contributed by atoms with Gasteiger partial charge in [0.15, 0.2) is 0 Å². The maximum atomic E-state index is 14.4. The summed E-state index contributed by atoms with van der Waals surface area (Å²) < 4.78 is 11.1. The van der Waals surface area contributed by atoms with Crippen molar-refractivity contribution in [3.8, 4) is 0 Å². The number of carboxylic acid groups (broad SMARTS) is 1. The third-order valence-electron chi connectivity index (χ3n) is 10.9. The van der Waals surface area contributed by atoms with Gasteiger partial charge < -0.3 is 51.4 Å². The van der Waals surface area contributed by atoms with E-state index < -0.39 is 104 Å². The number of alkyl carbamates (subject to hydrolysis) is 1. The number of carbonyl (C=O) groups excluding carboxylic acids is 7. The number of nitrogens with zero attached hydrogens (tertiary/aromatic N) is 1. The molecule has 0 bridgehead atoms. The van der Waals surface area contributed by atoms with Gasteiger partial charge in [0.2, 0.25) is 29.5 Å². The van der Waals surface area contributed by atoms with E-state index in [1.54, 1.807) is 37.3 Å². The predicted molar refractivity (Wildman–Crippen MR) is 220 cm³/mol. The molecule has 0 spiro atoms. The SMILES string of the molecule is CCCCCC[C@H]1OC(=O)CNC(=O)[C@H](CNC(=O)O)NC(=O)[C@H](CNC(=O)OCc2ccccc2)NC(=O)[C@H](C2CCCCC2)NC(=O)[C@H](CC(C)C)N(C)C(=O)[C@@H]1C. The third kappa shape index (κ3) is 16.3. The summed E-state index contributed by atoms with van der Waals surface area (Å²) in [5.74, 6) is -5.88. The Morgan fingerprint density at radius 2 is 1.52 bits per heavy atom. The van der Waals surface area contributed by atoms with E-state index in [4.69, 9.17) is 9.47 Å². The van der Waals surface area contributed by atoms with E-state index in [-0.39, 0.29) is 24.9 Å². The first-order valence-electron chi connectivity index (χ1n) is 21.2. The lowest BCUT2D eigenvalue weighted by Gasteiger charge is -2.36. The Kier molecular flexibility index (Phi) is 20.6. The molecule has 3 rings (SSSR count). The molecule has 1 saturated carbocycles. The smallest absolute Gasteiger partial charge is 0.407 e. The van der Waals surface area contributed by atoms with Gasteiger partial charge in [0.25, 0.3) is 0 Å². The van der Waals surface area contributed by atoms with Gasteiger partial charge in [-0.1, -0.05) is 96.6 Å². The Balaban J connectivity index is 2.04. The molecule has 334 valence electrons. The fourth-order valence-corrected chi connectivity index (χ4v) is 7.41. The summed E-state index contributed by atoms with van der Waals surface area (Å²) in [6.45, 7) is 5.53. The number of cyclic esters (lactones) is 1. The van der Waals surface area contributed by atoms with E-state index in [1.165, 1.54) is 11.9 Å². The van der Waals surface area contributed by atoms with Crippen LogP contribution in [0.15, 0.2) is 30.3 Å². The topological polar surface area (TPSA) is 251 Å². The van der Waals surface area contributed by atoms with Crippen LogP contribution in [0.5, 0.6) is 0 Å². The molecular weight excluding hydrogens is 778 g/mol. The summed E-state index contributed by atoms with van der Waals surface area (Å²) in [5, 5.41) is 24.2. The highest BCUT2D eigenvalue weighted by molar-refractivity contribution is 5.96. The van der Waals surface area contributed by atoms with E-state index in [0.29, 0.717) is 31.2 Å². The minimum atomic E-state index is -1.60. The highest BCUT2D eigenvalue weighted by Crippen LogP contribution is 2.28. The summed E-state index contributed by atoms with van der Waals surface area (Å²) in [4.78, 5) is 109. The van der Waals surface area contributed by atoms with E-state index >= 15 is 0 Å². The maximum absolute atomic E-state index is 14.4. The van der Waals surface area contributed by atoms with Gasteiger partial charge in [-0.15, -0.1) is 0 Å². The molecule has 18 heteroatoms. The Bertz CT molecular complexity index is 1610. The lowest BCUT2D eigenvalue weighted by atomic mass is 9.83. The van der Waals surface area contributed by atoms with Crippen LogP contribution in [-0.2, 0) is 44.8 Å². The third-order valence-corrected chi connectivity index (χ3v) is 10.9. The van der Waals surface area contributed by atoms with E-state index in [1.807, 2.05) is 26.1 Å². The largest absolute Gasteiger partial charge is 0.465 e. The molecule has 1 aromatic rings. The second-order valence-electron chi connectivity index (χ2n) is 16.1. The number of amides is 7. The zero-order valence-electron chi connectivity index (χ0n) is 35.6. The number of carbonyl (C=O) groups is 8. The summed E-state index contributed by atoms with van der Waals surface area (Å²) in [5.41, 5.74) is 0.695. The van der Waals surface area contributed by atoms with Crippen molar-refractivity contribution in [3.05, 3.63) is 35.9 Å². The average Bonchev–Trinajstić information content (AvgIpc) is 3.23. The highest BCUT2D eigenvalue weighted by Gasteiger charge is 2.39. The van der Waals surface area contributed by atoms with Gasteiger partial charge in [0, 0.05) is 7.05 Å². The predicted octanol–water partition coefficient (Wildman–Crippen LogP) is 2.74. The van der Waals surface area contributed by atoms with E-state index in [9.17, 15) is 43.5 Å². The Morgan fingerprint density at radius 1 is 0.867 bits per heavy atom. The van der Waals surface area contributed by atoms with Crippen molar-refractivity contribution in [3.63, 3.8) is 0 Å². The standard InChI is InChI=1S/C42H65N7O11/c1-6-7-8-15-20-33-27(4)40(55)49(5)32(21-26(2)3)38(53)48-35(29-18-13-10-14-19-29)39(54)47-31(23-45-42(58)59-25-28-16-11-9-12-17-28)37(52)46-30(22-44-41(56)57)36(51)43-24-34(50)60-33/h9,11-12,16-17,26-27,29-33,35,44H,6-8,10,13-15,18-25H2,1-5H3,(H,43,51)(H,45,58)(H,46,52)(H,47,54)(H,48,53)(H,56,57)/t27-,30+,31+,32+,33-,35+/m1/s1. The van der Waals surface area contributed by atoms with Crippen molar-refractivity contribution in [2.75, 3.05) is 26.7 Å². The number of hydrogen-bond donors (Lipinski definition) is 7. The van der Waals surface area contributed by atoms with E-state index in [0.717, 1.165) is 38.5 Å². The number of benzene rings is 1. The molecule has 0 unspecified atom stereocenters. The summed E-state index contributed by atoms with van der Waals surface area (Å²) in [6, 6.07) is 3.49. The van der Waals surface area contributed by atoms with Gasteiger partial charge in [-0.25, -0.2) is 9.59 Å². The van der Waals surface area contributed by atoms with Gasteiger partial charge in [-0.3, -0.25) is 28.8 Å². The molecule has 1 saturated heterocycles. The molecular formula is C42H65N7O11. The molecule has 1 aliphatic carbocycles. The molecule has 0 aromatic heterocycles. The Labute approximate surface area is 352 Å². The molecule has 18 nitrogen and oxygen atoms in total. The van der Waals surface area contributed by atoms with Crippen LogP contribution < -0.4 is 31.9 Å². The van der Waals surface area contributed by atoms with Crippen LogP contribution in [0, 0.1) is 17.8 Å². The Hall–Kier alpha value is -5.42. The lowest BCUT2D eigenvalue weighted by molar-refractivity contribution is -0.157. The average molecular weight is 844 g/mol. The zero-order chi connectivity index (χ0) is 44.2. The van der Waals surface area contributed by atoms with Crippen LogP contribution in [0.1, 0.15) is 104 Å². The van der Waals surface area contributed by atoms with Crippen molar-refractivity contribution in [2.24, 2.45) is 17.8 Å². The van der Waals surface area contributed by atoms with Crippen LogP contribution in [0.3, 0.4) is 0 Å². The monoisotopic (exact) mass is 843 g/mol. The van der Waals surface area contributed by atoms with Crippen molar-refractivity contribution >= 4 is 47.7 Å². The lowest BCUT2D eigenvalue weighted by Crippen LogP contribution is -2.63. The van der Waals surface area contributed by atoms with Crippen LogP contribution >= 0.6 is 0 Å². The Morgan fingerprint density at radius 3 is 2.17 bits per heavy atom. The summed E-state index contributed by atoms with van der Waals surface area (Å²) in [7, 11) is 1.51. The molecule has 1 heterocycles. The second-order valence-corrected chi connectivity index (χ2v) is 16.1. The summed E-state index contributed by atoms with van der Waals surface area (Å²) >= 11 is 0. The van der Waals surface area contributed by atoms with Crippen LogP contribution in [-0.4, -0.2) is 115 Å². The molecule has 1 aromatic carbocycles. The number of ether oxygens (including phenoxy) is 2. The number of hydrogen-bond acceptors (Lipinski definition) is 10. The number of unbranched alkanes of at least 4 members (excludes halogenated alkanes) is 3. The molecule has 0 radical (unpaired) electrons. The number of likely N-dealkylation sites (N-methyl/N-ethyl adjacent to an activating group) is 1. The van der Waals surface area contributed by atoms with Gasteiger partial charge >= 0.3 is 18.2 Å². The molecule has 7 amide bonds. The van der Waals surface area contributed by atoms with Crippen LogP contribution in [0.2, 0.25) is 0 Å². The molecule has 7 N–H and O–H groups in total. The first kappa shape index (κ1) is 48.9. The minimum Gasteiger partial charge on any atom is -0.465 e. The van der Waals surface area contributed by atoms with E-state index in [2.05, 4.69) is 26.6 Å². The molecule has 60 heavy (non-hydrogen) atoms. The first-order chi connectivity index (χ1) is 28.6. The molecule has 2 aliphatic rings. The normalized spacial score (nSPS) is 24.4. The van der Waals surface area contributed by atoms with Crippen molar-refractivity contribution in [1.82, 2.24) is 36.8 Å². The molecule has 2 fully saturated rings. The highest BCUT2D eigenvalue weighted by atomic mass is 16.6. The van der Waals surface area contributed by atoms with Crippen molar-refractivity contribution in [1.29, 1.82) is 0 Å². The fourth-order valence-electron chi connectivity index (χ4n) is 7.41. The fraction of sp³-hybridized carbons (Fsp3) is 0.667. The minimum absolute atomic E-state index is 0.0505. The van der Waals surface area contributed by atoms with Crippen molar-refractivity contribution < 1.29 is 52.9 Å². The molecule has 6 atom stereocenters. The van der Waals surface area contributed by atoms with Gasteiger partial charge in [-0.05, 0) is 49.5 Å². The van der Waals surface area contributed by atoms with Gasteiger partial charge in [-0.2, -0.15) is 0 Å². The van der Waals surface area contributed by atoms with Crippen molar-refractivity contribution in [2.45, 2.75) is 135 Å². The van der Waals surface area contributed by atoms with Gasteiger partial charge in [0.1, 0.15) is 43.4 Å².